The van der Waals surface area contributed by atoms with Crippen LogP contribution in [-0.4, -0.2) is 14.9 Å². The van der Waals surface area contributed by atoms with E-state index >= 15 is 0 Å². The highest BCUT2D eigenvalue weighted by Crippen LogP contribution is 2.33. The standard InChI is InChI=1S/C13H10F3N3O/c14-13(15,16)12-4-9(8-20)3-10(5-12)11-6-18-19(7-11)2-1-17/h3-7,20H,2,8H2. The molecule has 0 unspecified atom stereocenters. The Bertz CT molecular complexity index is 656. The summed E-state index contributed by atoms with van der Waals surface area (Å²) in [7, 11) is 0. The second kappa shape index (κ2) is 5.35. The molecule has 0 bridgehead atoms. The Balaban J connectivity index is 2.47. The van der Waals surface area contributed by atoms with E-state index in [0.29, 0.717) is 11.1 Å². The maximum Gasteiger partial charge on any atom is 0.416 e. The maximum absolute atomic E-state index is 12.8. The van der Waals surface area contributed by atoms with E-state index in [-0.39, 0.29) is 12.1 Å². The van der Waals surface area contributed by atoms with E-state index in [1.165, 1.54) is 23.1 Å². The van der Waals surface area contributed by atoms with Crippen molar-refractivity contribution in [2.75, 3.05) is 0 Å². The molecule has 7 heteroatoms. The first-order valence-corrected chi connectivity index (χ1v) is 5.66. The molecule has 1 heterocycles. The van der Waals surface area contributed by atoms with Gasteiger partial charge in [0.05, 0.1) is 24.4 Å². The maximum atomic E-state index is 12.8. The van der Waals surface area contributed by atoms with Crippen LogP contribution >= 0.6 is 0 Å². The van der Waals surface area contributed by atoms with Crippen molar-refractivity contribution in [3.8, 4) is 17.2 Å². The molecule has 0 atom stereocenters. The van der Waals surface area contributed by atoms with Crippen molar-refractivity contribution in [3.63, 3.8) is 0 Å². The molecule has 20 heavy (non-hydrogen) atoms. The van der Waals surface area contributed by atoms with E-state index in [0.717, 1.165) is 12.1 Å². The number of hydrogen-bond acceptors (Lipinski definition) is 3. The number of nitriles is 1. The van der Waals surface area contributed by atoms with E-state index in [2.05, 4.69) is 5.10 Å². The van der Waals surface area contributed by atoms with Crippen molar-refractivity contribution in [1.29, 1.82) is 5.26 Å². The second-order valence-electron chi connectivity index (χ2n) is 4.16. The van der Waals surface area contributed by atoms with Crippen LogP contribution in [0.1, 0.15) is 11.1 Å². The van der Waals surface area contributed by atoms with Gasteiger partial charge >= 0.3 is 6.18 Å². The molecule has 0 saturated carbocycles. The first kappa shape index (κ1) is 14.1. The monoisotopic (exact) mass is 281 g/mol. The van der Waals surface area contributed by atoms with E-state index in [1.54, 1.807) is 0 Å². The molecule has 4 nitrogen and oxygen atoms in total. The fourth-order valence-corrected chi connectivity index (χ4v) is 1.79. The average molecular weight is 281 g/mol. The van der Waals surface area contributed by atoms with E-state index in [1.807, 2.05) is 6.07 Å². The third kappa shape index (κ3) is 2.97. The molecule has 0 amide bonds. The van der Waals surface area contributed by atoms with Crippen LogP contribution in [0.25, 0.3) is 11.1 Å². The molecule has 1 N–H and O–H groups in total. The highest BCUT2D eigenvalue weighted by atomic mass is 19.4. The van der Waals surface area contributed by atoms with Crippen molar-refractivity contribution < 1.29 is 18.3 Å². The third-order valence-electron chi connectivity index (χ3n) is 2.70. The van der Waals surface area contributed by atoms with Crippen LogP contribution in [0.5, 0.6) is 0 Å². The number of aliphatic hydroxyl groups is 1. The SMILES string of the molecule is N#CCn1cc(-c2cc(CO)cc(C(F)(F)F)c2)cn1. The van der Waals surface area contributed by atoms with E-state index < -0.39 is 18.3 Å². The summed E-state index contributed by atoms with van der Waals surface area (Å²) >= 11 is 0. The molecule has 0 saturated heterocycles. The molecule has 1 aromatic carbocycles. The summed E-state index contributed by atoms with van der Waals surface area (Å²) in [5.41, 5.74) is 0.101. The van der Waals surface area contributed by atoms with Crippen molar-refractivity contribution in [3.05, 3.63) is 41.7 Å². The van der Waals surface area contributed by atoms with Crippen LogP contribution in [0.4, 0.5) is 13.2 Å². The summed E-state index contributed by atoms with van der Waals surface area (Å²) in [4.78, 5) is 0. The minimum absolute atomic E-state index is 0.0197. The molecule has 1 aromatic heterocycles. The van der Waals surface area contributed by atoms with E-state index in [9.17, 15) is 13.2 Å². The molecule has 0 aliphatic heterocycles. The van der Waals surface area contributed by atoms with Gasteiger partial charge in [0.25, 0.3) is 0 Å². The summed E-state index contributed by atoms with van der Waals surface area (Å²) in [5, 5.41) is 21.5. The summed E-state index contributed by atoms with van der Waals surface area (Å²) in [6.45, 7) is -0.463. The quantitative estimate of drug-likeness (QED) is 0.940. The van der Waals surface area contributed by atoms with Crippen LogP contribution in [0.15, 0.2) is 30.6 Å². The minimum atomic E-state index is -4.48. The van der Waals surface area contributed by atoms with Gasteiger partial charge in [-0.2, -0.15) is 23.5 Å². The summed E-state index contributed by atoms with van der Waals surface area (Å²) < 4.78 is 39.7. The zero-order chi connectivity index (χ0) is 14.8. The van der Waals surface area contributed by atoms with Crippen LogP contribution < -0.4 is 0 Å². The number of benzene rings is 1. The smallest absolute Gasteiger partial charge is 0.392 e. The Morgan fingerprint density at radius 1 is 1.25 bits per heavy atom. The van der Waals surface area contributed by atoms with Gasteiger partial charge in [0, 0.05) is 11.8 Å². The Hall–Kier alpha value is -2.33. The second-order valence-corrected chi connectivity index (χ2v) is 4.16. The fraction of sp³-hybridized carbons (Fsp3) is 0.231. The Morgan fingerprint density at radius 3 is 2.60 bits per heavy atom. The van der Waals surface area contributed by atoms with Gasteiger partial charge in [-0.3, -0.25) is 4.68 Å². The van der Waals surface area contributed by atoms with Crippen LogP contribution in [0.3, 0.4) is 0 Å². The molecule has 2 rings (SSSR count). The molecule has 0 spiro atoms. The lowest BCUT2D eigenvalue weighted by molar-refractivity contribution is -0.137. The van der Waals surface area contributed by atoms with Crippen LogP contribution in [-0.2, 0) is 19.3 Å². The predicted molar refractivity (Wildman–Crippen MR) is 64.2 cm³/mol. The van der Waals surface area contributed by atoms with Gasteiger partial charge in [-0.05, 0) is 29.3 Å². The highest BCUT2D eigenvalue weighted by molar-refractivity contribution is 5.64. The lowest BCUT2D eigenvalue weighted by atomic mass is 10.0. The first-order chi connectivity index (χ1) is 9.44. The molecular formula is C13H10F3N3O. The largest absolute Gasteiger partial charge is 0.416 e. The third-order valence-corrected chi connectivity index (χ3v) is 2.70. The van der Waals surface area contributed by atoms with Gasteiger partial charge in [0.15, 0.2) is 0 Å². The number of aliphatic hydroxyl groups excluding tert-OH is 1. The van der Waals surface area contributed by atoms with Gasteiger partial charge in [0.2, 0.25) is 0 Å². The van der Waals surface area contributed by atoms with Crippen LogP contribution in [0.2, 0.25) is 0 Å². The number of halogens is 3. The zero-order valence-corrected chi connectivity index (χ0v) is 10.2. The number of aromatic nitrogens is 2. The molecular weight excluding hydrogens is 271 g/mol. The van der Waals surface area contributed by atoms with Crippen molar-refractivity contribution in [2.24, 2.45) is 0 Å². The van der Waals surface area contributed by atoms with Crippen LogP contribution in [0, 0.1) is 11.3 Å². The Morgan fingerprint density at radius 2 is 2.00 bits per heavy atom. The van der Waals surface area contributed by atoms with Gasteiger partial charge in [-0.25, -0.2) is 0 Å². The van der Waals surface area contributed by atoms with Crippen molar-refractivity contribution in [2.45, 2.75) is 19.3 Å². The summed E-state index contributed by atoms with van der Waals surface area (Å²) in [5.74, 6) is 0. The number of nitrogens with zero attached hydrogens (tertiary/aromatic N) is 3. The normalized spacial score (nSPS) is 11.3. The molecule has 0 aliphatic carbocycles. The number of rotatable bonds is 3. The zero-order valence-electron chi connectivity index (χ0n) is 10.2. The summed E-state index contributed by atoms with van der Waals surface area (Å²) in [6, 6.07) is 5.25. The van der Waals surface area contributed by atoms with Crippen molar-refractivity contribution >= 4 is 0 Å². The Kier molecular flexibility index (Phi) is 3.77. The molecule has 2 aromatic rings. The summed E-state index contributed by atoms with van der Waals surface area (Å²) in [6.07, 6.45) is -1.61. The predicted octanol–water partition coefficient (Wildman–Crippen LogP) is 2.58. The van der Waals surface area contributed by atoms with E-state index in [4.69, 9.17) is 10.4 Å². The molecule has 104 valence electrons. The molecule has 0 fully saturated rings. The van der Waals surface area contributed by atoms with Gasteiger partial charge < -0.3 is 5.11 Å². The van der Waals surface area contributed by atoms with Gasteiger partial charge in [0.1, 0.15) is 6.54 Å². The highest BCUT2D eigenvalue weighted by Gasteiger charge is 2.31. The topological polar surface area (TPSA) is 61.8 Å². The van der Waals surface area contributed by atoms with Crippen molar-refractivity contribution in [1.82, 2.24) is 9.78 Å². The molecule has 0 aliphatic rings. The Labute approximate surface area is 112 Å². The fourth-order valence-electron chi connectivity index (χ4n) is 1.79. The number of hydrogen-bond donors (Lipinski definition) is 1. The lowest BCUT2D eigenvalue weighted by Crippen LogP contribution is -2.06. The molecule has 0 radical (unpaired) electrons. The van der Waals surface area contributed by atoms with Gasteiger partial charge in [-0.1, -0.05) is 0 Å². The van der Waals surface area contributed by atoms with Gasteiger partial charge in [-0.15, -0.1) is 0 Å². The lowest BCUT2D eigenvalue weighted by Gasteiger charge is -2.10. The minimum Gasteiger partial charge on any atom is -0.392 e. The average Bonchev–Trinajstić information content (AvgIpc) is 2.86. The number of alkyl halides is 3. The first-order valence-electron chi connectivity index (χ1n) is 5.66.